The number of nitrogens with zero attached hydrogens (tertiary/aromatic N) is 1. The Balaban J connectivity index is 2.16. The summed E-state index contributed by atoms with van der Waals surface area (Å²) >= 11 is 12.1. The first kappa shape index (κ1) is 15.2. The third-order valence-electron chi connectivity index (χ3n) is 3.07. The second-order valence-electron chi connectivity index (χ2n) is 4.44. The summed E-state index contributed by atoms with van der Waals surface area (Å²) in [4.78, 5) is 3.93. The van der Waals surface area contributed by atoms with Gasteiger partial charge in [-0.2, -0.15) is 0 Å². The van der Waals surface area contributed by atoms with Crippen LogP contribution in [-0.2, 0) is 12.8 Å². The SMILES string of the molecule is NNC(Cc1ccncc1Cl)Cc1c(F)cccc1Cl. The second-order valence-corrected chi connectivity index (χ2v) is 5.25. The van der Waals surface area contributed by atoms with Gasteiger partial charge in [-0.15, -0.1) is 0 Å². The van der Waals surface area contributed by atoms with Crippen LogP contribution in [-0.4, -0.2) is 11.0 Å². The fourth-order valence-corrected chi connectivity index (χ4v) is 2.44. The summed E-state index contributed by atoms with van der Waals surface area (Å²) in [5.41, 5.74) is 4.02. The number of hydrogen-bond donors (Lipinski definition) is 2. The number of nitrogens with one attached hydrogen (secondary N) is 1. The summed E-state index contributed by atoms with van der Waals surface area (Å²) in [6, 6.07) is 6.26. The summed E-state index contributed by atoms with van der Waals surface area (Å²) in [6.45, 7) is 0. The highest BCUT2D eigenvalue weighted by Crippen LogP contribution is 2.22. The van der Waals surface area contributed by atoms with E-state index in [0.717, 1.165) is 5.56 Å². The van der Waals surface area contributed by atoms with Gasteiger partial charge in [0.05, 0.1) is 5.02 Å². The van der Waals surface area contributed by atoms with Crippen molar-refractivity contribution >= 4 is 23.2 Å². The molecule has 6 heteroatoms. The van der Waals surface area contributed by atoms with Crippen LogP contribution in [0.3, 0.4) is 0 Å². The molecule has 1 aromatic heterocycles. The highest BCUT2D eigenvalue weighted by atomic mass is 35.5. The third-order valence-corrected chi connectivity index (χ3v) is 3.77. The number of halogens is 3. The molecule has 20 heavy (non-hydrogen) atoms. The predicted octanol–water partition coefficient (Wildman–Crippen LogP) is 3.14. The molecule has 3 nitrogen and oxygen atoms in total. The molecule has 0 saturated heterocycles. The van der Waals surface area contributed by atoms with Crippen LogP contribution in [0.2, 0.25) is 10.0 Å². The van der Waals surface area contributed by atoms with Crippen LogP contribution in [0.4, 0.5) is 4.39 Å². The van der Waals surface area contributed by atoms with Gasteiger partial charge < -0.3 is 0 Å². The number of hydrazine groups is 1. The maximum Gasteiger partial charge on any atom is 0.127 e. The van der Waals surface area contributed by atoms with Crippen LogP contribution in [0.1, 0.15) is 11.1 Å². The molecule has 0 saturated carbocycles. The number of benzene rings is 1. The van der Waals surface area contributed by atoms with Crippen LogP contribution < -0.4 is 11.3 Å². The summed E-state index contributed by atoms with van der Waals surface area (Å²) in [7, 11) is 0. The molecule has 0 aliphatic rings. The van der Waals surface area contributed by atoms with Crippen LogP contribution in [0.5, 0.6) is 0 Å². The zero-order valence-corrected chi connectivity index (χ0v) is 12.1. The van der Waals surface area contributed by atoms with Gasteiger partial charge in [0.2, 0.25) is 0 Å². The zero-order valence-electron chi connectivity index (χ0n) is 10.6. The number of nitrogens with two attached hydrogens (primary N) is 1. The minimum absolute atomic E-state index is 0.177. The van der Waals surface area contributed by atoms with Crippen molar-refractivity contribution in [2.45, 2.75) is 18.9 Å². The lowest BCUT2D eigenvalue weighted by molar-refractivity contribution is 0.506. The van der Waals surface area contributed by atoms with Gasteiger partial charge in [-0.25, -0.2) is 4.39 Å². The topological polar surface area (TPSA) is 50.9 Å². The van der Waals surface area contributed by atoms with Crippen LogP contribution in [0.15, 0.2) is 36.7 Å². The quantitative estimate of drug-likeness (QED) is 0.658. The molecule has 1 unspecified atom stereocenters. The van der Waals surface area contributed by atoms with E-state index >= 15 is 0 Å². The molecule has 1 aromatic carbocycles. The Morgan fingerprint density at radius 3 is 2.65 bits per heavy atom. The minimum atomic E-state index is -0.335. The van der Waals surface area contributed by atoms with Gasteiger partial charge in [-0.3, -0.25) is 16.3 Å². The van der Waals surface area contributed by atoms with Crippen molar-refractivity contribution in [1.82, 2.24) is 10.4 Å². The maximum absolute atomic E-state index is 13.8. The average Bonchev–Trinajstić information content (AvgIpc) is 2.44. The van der Waals surface area contributed by atoms with E-state index in [1.54, 1.807) is 24.5 Å². The van der Waals surface area contributed by atoms with E-state index in [2.05, 4.69) is 10.4 Å². The number of aromatic nitrogens is 1. The summed E-state index contributed by atoms with van der Waals surface area (Å²) < 4.78 is 13.8. The van der Waals surface area contributed by atoms with Gasteiger partial charge in [0, 0.05) is 29.0 Å². The van der Waals surface area contributed by atoms with E-state index in [1.165, 1.54) is 6.07 Å². The fourth-order valence-electron chi connectivity index (χ4n) is 2.00. The van der Waals surface area contributed by atoms with Crippen molar-refractivity contribution in [1.29, 1.82) is 0 Å². The van der Waals surface area contributed by atoms with E-state index in [1.807, 2.05) is 6.07 Å². The number of pyridine rings is 1. The Morgan fingerprint density at radius 2 is 2.00 bits per heavy atom. The van der Waals surface area contributed by atoms with E-state index in [9.17, 15) is 4.39 Å². The molecule has 0 spiro atoms. The molecular formula is C14H14Cl2FN3. The van der Waals surface area contributed by atoms with Gasteiger partial charge in [-0.1, -0.05) is 29.3 Å². The van der Waals surface area contributed by atoms with Gasteiger partial charge in [0.25, 0.3) is 0 Å². The van der Waals surface area contributed by atoms with Gasteiger partial charge in [0.15, 0.2) is 0 Å². The summed E-state index contributed by atoms with van der Waals surface area (Å²) in [5, 5.41) is 0.957. The highest BCUT2D eigenvalue weighted by Gasteiger charge is 2.15. The molecule has 0 aliphatic carbocycles. The molecule has 0 amide bonds. The normalized spacial score (nSPS) is 12.4. The smallest absolute Gasteiger partial charge is 0.127 e. The third kappa shape index (κ3) is 3.67. The molecule has 1 heterocycles. The van der Waals surface area contributed by atoms with Crippen molar-refractivity contribution in [2.24, 2.45) is 5.84 Å². The van der Waals surface area contributed by atoms with Gasteiger partial charge in [-0.05, 0) is 36.6 Å². The van der Waals surface area contributed by atoms with Crippen molar-refractivity contribution in [3.8, 4) is 0 Å². The van der Waals surface area contributed by atoms with Crippen molar-refractivity contribution in [3.05, 3.63) is 63.6 Å². The van der Waals surface area contributed by atoms with E-state index in [4.69, 9.17) is 29.0 Å². The molecule has 1 atom stereocenters. The summed E-state index contributed by atoms with van der Waals surface area (Å²) in [5.74, 6) is 5.21. The first-order valence-corrected chi connectivity index (χ1v) is 6.84. The van der Waals surface area contributed by atoms with Crippen molar-refractivity contribution in [2.75, 3.05) is 0 Å². The standard InChI is InChI=1S/C14H14Cl2FN3/c15-12-2-1-3-14(17)11(12)7-10(20-18)6-9-4-5-19-8-13(9)16/h1-5,8,10,20H,6-7,18H2. The van der Waals surface area contributed by atoms with Crippen molar-refractivity contribution < 1.29 is 4.39 Å². The predicted molar refractivity (Wildman–Crippen MR) is 79.2 cm³/mol. The lowest BCUT2D eigenvalue weighted by Crippen LogP contribution is -2.38. The van der Waals surface area contributed by atoms with Crippen molar-refractivity contribution in [3.63, 3.8) is 0 Å². The van der Waals surface area contributed by atoms with Crippen LogP contribution >= 0.6 is 23.2 Å². The number of rotatable bonds is 5. The van der Waals surface area contributed by atoms with E-state index in [0.29, 0.717) is 28.5 Å². The minimum Gasteiger partial charge on any atom is -0.271 e. The largest absolute Gasteiger partial charge is 0.271 e. The molecule has 0 aliphatic heterocycles. The Hall–Kier alpha value is -1.20. The maximum atomic E-state index is 13.8. The molecule has 0 radical (unpaired) electrons. The Bertz CT molecular complexity index is 572. The zero-order chi connectivity index (χ0) is 14.5. The fraction of sp³-hybridized carbons (Fsp3) is 0.214. The molecule has 3 N–H and O–H groups in total. The van der Waals surface area contributed by atoms with Gasteiger partial charge >= 0.3 is 0 Å². The summed E-state index contributed by atoms with van der Waals surface area (Å²) in [6.07, 6.45) is 4.16. The molecular weight excluding hydrogens is 300 g/mol. The second kappa shape index (κ2) is 6.99. The van der Waals surface area contributed by atoms with Crippen LogP contribution in [0.25, 0.3) is 0 Å². The molecule has 2 rings (SSSR count). The molecule has 0 bridgehead atoms. The first-order chi connectivity index (χ1) is 9.61. The monoisotopic (exact) mass is 313 g/mol. The Labute approximate surface area is 126 Å². The molecule has 2 aromatic rings. The lowest BCUT2D eigenvalue weighted by Gasteiger charge is -2.17. The Morgan fingerprint density at radius 1 is 1.20 bits per heavy atom. The van der Waals surface area contributed by atoms with Crippen LogP contribution in [0, 0.1) is 5.82 Å². The van der Waals surface area contributed by atoms with Gasteiger partial charge in [0.1, 0.15) is 5.82 Å². The van der Waals surface area contributed by atoms with E-state index in [-0.39, 0.29) is 11.9 Å². The molecule has 106 valence electrons. The number of hydrogen-bond acceptors (Lipinski definition) is 3. The average molecular weight is 314 g/mol. The first-order valence-electron chi connectivity index (χ1n) is 6.09. The van der Waals surface area contributed by atoms with E-state index < -0.39 is 0 Å². The lowest BCUT2D eigenvalue weighted by atomic mass is 9.99. The molecule has 0 fully saturated rings. The Kier molecular flexibility index (Phi) is 5.31. The highest BCUT2D eigenvalue weighted by molar-refractivity contribution is 6.31.